The topological polar surface area (TPSA) is 68.0 Å². The number of nitrogens with one attached hydrogen (secondary N) is 1. The Labute approximate surface area is 142 Å². The van der Waals surface area contributed by atoms with Gasteiger partial charge in [-0.05, 0) is 31.5 Å². The second-order valence-electron chi connectivity index (χ2n) is 6.31. The fourth-order valence-electron chi connectivity index (χ4n) is 3.02. The Morgan fingerprint density at radius 3 is 2.83 bits per heavy atom. The monoisotopic (exact) mass is 336 g/mol. The number of hydrogen-bond acceptors (Lipinski definition) is 6. The average molecular weight is 336 g/mol. The van der Waals surface area contributed by atoms with Crippen LogP contribution in [0.1, 0.15) is 22.1 Å². The zero-order chi connectivity index (χ0) is 16.3. The van der Waals surface area contributed by atoms with E-state index in [0.717, 1.165) is 51.7 Å². The van der Waals surface area contributed by atoms with Crippen molar-refractivity contribution in [2.45, 2.75) is 19.8 Å². The Kier molecular flexibility index (Phi) is 2.95. The molecule has 0 spiro atoms. The molecule has 1 fully saturated rings. The molecule has 0 aliphatic carbocycles. The van der Waals surface area contributed by atoms with Gasteiger partial charge in [0.05, 0.1) is 18.1 Å². The van der Waals surface area contributed by atoms with Crippen molar-refractivity contribution in [3.8, 4) is 11.4 Å². The molecular weight excluding hydrogens is 320 g/mol. The Balaban J connectivity index is 1.62. The number of fused-ring (bicyclic) bond motifs is 2. The van der Waals surface area contributed by atoms with Crippen LogP contribution in [0.3, 0.4) is 0 Å². The predicted molar refractivity (Wildman–Crippen MR) is 94.5 cm³/mol. The van der Waals surface area contributed by atoms with Crippen LogP contribution < -0.4 is 5.32 Å². The van der Waals surface area contributed by atoms with Crippen molar-refractivity contribution in [1.82, 2.24) is 29.9 Å². The van der Waals surface area contributed by atoms with E-state index in [1.54, 1.807) is 11.3 Å². The first kappa shape index (κ1) is 14.0. The van der Waals surface area contributed by atoms with Gasteiger partial charge >= 0.3 is 0 Å². The van der Waals surface area contributed by atoms with E-state index in [1.807, 2.05) is 36.8 Å². The molecule has 1 N–H and O–H groups in total. The third kappa shape index (κ3) is 2.12. The minimum atomic E-state index is 0.611. The van der Waals surface area contributed by atoms with Crippen molar-refractivity contribution < 1.29 is 0 Å². The smallest absolute Gasteiger partial charge is 0.156 e. The molecule has 5 heterocycles. The molecule has 1 aliphatic rings. The number of imidazole rings is 1. The first-order chi connectivity index (χ1) is 11.7. The van der Waals surface area contributed by atoms with Gasteiger partial charge in [-0.1, -0.05) is 0 Å². The fraction of sp³-hybridized carbons (Fsp3) is 0.294. The van der Waals surface area contributed by atoms with Crippen LogP contribution in [-0.4, -0.2) is 37.7 Å². The largest absolute Gasteiger partial charge is 0.315 e. The molecule has 1 aliphatic heterocycles. The van der Waals surface area contributed by atoms with Gasteiger partial charge in [0, 0.05) is 23.9 Å². The normalized spacial score (nSPS) is 15.2. The Bertz CT molecular complexity index is 1080. The van der Waals surface area contributed by atoms with E-state index in [4.69, 9.17) is 4.98 Å². The number of nitrogens with zero attached hydrogens (tertiary/aromatic N) is 5. The molecule has 0 atom stereocenters. The first-order valence-corrected chi connectivity index (χ1v) is 8.80. The molecule has 120 valence electrons. The molecule has 6 nitrogen and oxygen atoms in total. The fourth-order valence-corrected chi connectivity index (χ4v) is 4.10. The first-order valence-electron chi connectivity index (χ1n) is 7.98. The summed E-state index contributed by atoms with van der Waals surface area (Å²) in [6.07, 6.45) is 3.75. The third-order valence-electron chi connectivity index (χ3n) is 4.44. The van der Waals surface area contributed by atoms with E-state index in [-0.39, 0.29) is 0 Å². The van der Waals surface area contributed by atoms with E-state index in [1.165, 1.54) is 4.88 Å². The number of rotatable bonds is 2. The van der Waals surface area contributed by atoms with Gasteiger partial charge in [0.15, 0.2) is 5.65 Å². The lowest BCUT2D eigenvalue weighted by atomic mass is 10.0. The van der Waals surface area contributed by atoms with Crippen molar-refractivity contribution in [1.29, 1.82) is 0 Å². The summed E-state index contributed by atoms with van der Waals surface area (Å²) in [7, 11) is 0. The molecule has 24 heavy (non-hydrogen) atoms. The molecule has 4 aromatic rings. The van der Waals surface area contributed by atoms with Crippen molar-refractivity contribution in [2.24, 2.45) is 0 Å². The summed E-state index contributed by atoms with van der Waals surface area (Å²) in [6, 6.07) is 4.20. The van der Waals surface area contributed by atoms with E-state index < -0.39 is 0 Å². The number of aryl methyl sites for hydroxylation is 2. The van der Waals surface area contributed by atoms with Crippen molar-refractivity contribution in [3.05, 3.63) is 40.7 Å². The molecule has 0 saturated carbocycles. The zero-order valence-electron chi connectivity index (χ0n) is 13.4. The zero-order valence-corrected chi connectivity index (χ0v) is 14.3. The molecule has 7 heteroatoms. The van der Waals surface area contributed by atoms with E-state index >= 15 is 0 Å². The molecule has 0 radical (unpaired) electrons. The van der Waals surface area contributed by atoms with Crippen LogP contribution in [0.5, 0.6) is 0 Å². The third-order valence-corrected chi connectivity index (χ3v) is 5.62. The van der Waals surface area contributed by atoms with Crippen LogP contribution in [0, 0.1) is 13.8 Å². The van der Waals surface area contributed by atoms with Gasteiger partial charge in [0.2, 0.25) is 0 Å². The maximum absolute atomic E-state index is 4.80. The summed E-state index contributed by atoms with van der Waals surface area (Å²) < 4.78 is 1.83. The van der Waals surface area contributed by atoms with Crippen molar-refractivity contribution in [2.75, 3.05) is 13.1 Å². The van der Waals surface area contributed by atoms with Crippen LogP contribution in [0.4, 0.5) is 0 Å². The Morgan fingerprint density at radius 2 is 2.04 bits per heavy atom. The predicted octanol–water partition coefficient (Wildman–Crippen LogP) is 2.70. The van der Waals surface area contributed by atoms with Gasteiger partial charge in [-0.15, -0.1) is 11.3 Å². The number of hydrogen-bond donors (Lipinski definition) is 1. The average Bonchev–Trinajstić information content (AvgIpc) is 3.07. The summed E-state index contributed by atoms with van der Waals surface area (Å²) in [5, 5.41) is 7.96. The van der Waals surface area contributed by atoms with Crippen LogP contribution in [0.15, 0.2) is 24.5 Å². The lowest BCUT2D eigenvalue weighted by molar-refractivity contribution is 0.454. The maximum Gasteiger partial charge on any atom is 0.156 e. The van der Waals surface area contributed by atoms with Crippen molar-refractivity contribution >= 4 is 27.3 Å². The van der Waals surface area contributed by atoms with Crippen LogP contribution in [0.2, 0.25) is 0 Å². The molecule has 0 unspecified atom stereocenters. The molecule has 0 amide bonds. The highest BCUT2D eigenvalue weighted by molar-refractivity contribution is 7.18. The van der Waals surface area contributed by atoms with Crippen LogP contribution >= 0.6 is 11.3 Å². The molecule has 0 bridgehead atoms. The molecule has 1 saturated heterocycles. The van der Waals surface area contributed by atoms with Crippen LogP contribution in [0.25, 0.3) is 27.4 Å². The summed E-state index contributed by atoms with van der Waals surface area (Å²) >= 11 is 1.74. The molecular formula is C17H16N6S. The molecule has 4 aromatic heterocycles. The quantitative estimate of drug-likeness (QED) is 0.609. The lowest BCUT2D eigenvalue weighted by Gasteiger charge is -2.25. The summed E-state index contributed by atoms with van der Waals surface area (Å²) in [5.41, 5.74) is 5.54. The second kappa shape index (κ2) is 5.06. The van der Waals surface area contributed by atoms with Crippen LogP contribution in [-0.2, 0) is 0 Å². The van der Waals surface area contributed by atoms with Gasteiger partial charge < -0.3 is 5.32 Å². The summed E-state index contributed by atoms with van der Waals surface area (Å²) in [4.78, 5) is 16.2. The summed E-state index contributed by atoms with van der Waals surface area (Å²) in [5.74, 6) is 0.611. The van der Waals surface area contributed by atoms with Gasteiger partial charge in [-0.2, -0.15) is 5.10 Å². The van der Waals surface area contributed by atoms with E-state index in [9.17, 15) is 0 Å². The van der Waals surface area contributed by atoms with Gasteiger partial charge in [-0.3, -0.25) is 4.98 Å². The minimum Gasteiger partial charge on any atom is -0.315 e. The van der Waals surface area contributed by atoms with Gasteiger partial charge in [0.1, 0.15) is 21.7 Å². The highest BCUT2D eigenvalue weighted by Gasteiger charge is 2.22. The standard InChI is InChI=1S/C17H16N6S/c1-9-3-12(22-23-8-10(2)20-16(9)23)14-7-19-13-4-15(11-5-18-6-11)24-17(13)21-14/h3-4,7-8,11,18H,5-6H2,1-2H3. The minimum absolute atomic E-state index is 0.611. The highest BCUT2D eigenvalue weighted by Crippen LogP contribution is 2.32. The molecule has 5 rings (SSSR count). The van der Waals surface area contributed by atoms with E-state index in [0.29, 0.717) is 5.92 Å². The Morgan fingerprint density at radius 1 is 1.17 bits per heavy atom. The lowest BCUT2D eigenvalue weighted by Crippen LogP contribution is -2.39. The number of thiophene rings is 1. The highest BCUT2D eigenvalue weighted by atomic mass is 32.1. The van der Waals surface area contributed by atoms with Gasteiger partial charge in [0.25, 0.3) is 0 Å². The van der Waals surface area contributed by atoms with Crippen molar-refractivity contribution in [3.63, 3.8) is 0 Å². The SMILES string of the molecule is Cc1cn2nc(-c3cnc4cc(C5CNC5)sc4n3)cc(C)c2n1. The number of aromatic nitrogens is 5. The van der Waals surface area contributed by atoms with Gasteiger partial charge in [-0.25, -0.2) is 14.5 Å². The summed E-state index contributed by atoms with van der Waals surface area (Å²) in [6.45, 7) is 6.13. The Hall–Kier alpha value is -2.38. The molecule has 0 aromatic carbocycles. The second-order valence-corrected chi connectivity index (χ2v) is 7.37. The maximum atomic E-state index is 4.80. The van der Waals surface area contributed by atoms with E-state index in [2.05, 4.69) is 26.4 Å².